The van der Waals surface area contributed by atoms with Gasteiger partial charge in [0.25, 0.3) is 0 Å². The SMILES string of the molecule is CCNC(=NCC1CCN(CC)C1)N1CCN(C(CC)c2ccccc2)CC1. The number of likely N-dealkylation sites (tertiary alicyclic amines) is 1. The molecule has 2 aliphatic heterocycles. The number of hydrogen-bond acceptors (Lipinski definition) is 3. The Labute approximate surface area is 171 Å². The fourth-order valence-corrected chi connectivity index (χ4v) is 4.62. The fourth-order valence-electron chi connectivity index (χ4n) is 4.62. The van der Waals surface area contributed by atoms with E-state index in [-0.39, 0.29) is 0 Å². The van der Waals surface area contributed by atoms with E-state index < -0.39 is 0 Å². The summed E-state index contributed by atoms with van der Waals surface area (Å²) in [4.78, 5) is 12.7. The van der Waals surface area contributed by atoms with Crippen LogP contribution in [0, 0.1) is 5.92 Å². The van der Waals surface area contributed by atoms with Crippen molar-refractivity contribution in [1.82, 2.24) is 20.0 Å². The third kappa shape index (κ3) is 5.48. The summed E-state index contributed by atoms with van der Waals surface area (Å²) in [7, 11) is 0. The van der Waals surface area contributed by atoms with Gasteiger partial charge in [-0.05, 0) is 44.3 Å². The summed E-state index contributed by atoms with van der Waals surface area (Å²) in [5.74, 6) is 1.84. The Balaban J connectivity index is 1.55. The standard InChI is InChI=1S/C23H39N5/c1-4-22(21-10-8-7-9-11-21)27-14-16-28(17-15-27)23(24-5-2)25-18-20-12-13-26(6-3)19-20/h7-11,20,22H,4-6,12-19H2,1-3H3,(H,24,25). The third-order valence-electron chi connectivity index (χ3n) is 6.28. The number of guanidine groups is 1. The summed E-state index contributed by atoms with van der Waals surface area (Å²) < 4.78 is 0. The highest BCUT2D eigenvalue weighted by Crippen LogP contribution is 2.25. The topological polar surface area (TPSA) is 34.1 Å². The number of rotatable bonds is 7. The van der Waals surface area contributed by atoms with Gasteiger partial charge >= 0.3 is 0 Å². The molecule has 156 valence electrons. The summed E-state index contributed by atoms with van der Waals surface area (Å²) in [6.45, 7) is 16.6. The average Bonchev–Trinajstić information content (AvgIpc) is 3.21. The van der Waals surface area contributed by atoms with Crippen LogP contribution in [0.2, 0.25) is 0 Å². The lowest BCUT2D eigenvalue weighted by atomic mass is 10.0. The number of hydrogen-bond donors (Lipinski definition) is 1. The highest BCUT2D eigenvalue weighted by atomic mass is 15.4. The second-order valence-electron chi connectivity index (χ2n) is 8.10. The first-order valence-corrected chi connectivity index (χ1v) is 11.3. The van der Waals surface area contributed by atoms with E-state index in [1.54, 1.807) is 0 Å². The lowest BCUT2D eigenvalue weighted by molar-refractivity contribution is 0.127. The molecule has 0 amide bonds. The summed E-state index contributed by atoms with van der Waals surface area (Å²) >= 11 is 0. The second-order valence-corrected chi connectivity index (χ2v) is 8.10. The molecule has 28 heavy (non-hydrogen) atoms. The van der Waals surface area contributed by atoms with E-state index in [1.165, 1.54) is 31.6 Å². The van der Waals surface area contributed by atoms with Gasteiger partial charge in [0.15, 0.2) is 5.96 Å². The Morgan fingerprint density at radius 2 is 1.82 bits per heavy atom. The molecule has 2 atom stereocenters. The smallest absolute Gasteiger partial charge is 0.194 e. The maximum atomic E-state index is 5.02. The first-order valence-electron chi connectivity index (χ1n) is 11.3. The van der Waals surface area contributed by atoms with E-state index in [4.69, 9.17) is 4.99 Å². The van der Waals surface area contributed by atoms with Gasteiger partial charge in [0.1, 0.15) is 0 Å². The summed E-state index contributed by atoms with van der Waals surface area (Å²) in [5, 5.41) is 3.54. The van der Waals surface area contributed by atoms with E-state index in [0.29, 0.717) is 6.04 Å². The van der Waals surface area contributed by atoms with Crippen molar-refractivity contribution in [1.29, 1.82) is 0 Å². The minimum absolute atomic E-state index is 0.529. The fraction of sp³-hybridized carbons (Fsp3) is 0.696. The zero-order valence-corrected chi connectivity index (χ0v) is 18.1. The van der Waals surface area contributed by atoms with Crippen LogP contribution < -0.4 is 5.32 Å². The molecule has 1 aromatic carbocycles. The zero-order chi connectivity index (χ0) is 19.8. The van der Waals surface area contributed by atoms with Gasteiger partial charge in [-0.1, -0.05) is 44.2 Å². The normalized spacial score (nSPS) is 23.2. The molecule has 0 radical (unpaired) electrons. The van der Waals surface area contributed by atoms with Crippen LogP contribution in [0.4, 0.5) is 0 Å². The Morgan fingerprint density at radius 1 is 1.07 bits per heavy atom. The Kier molecular flexibility index (Phi) is 8.16. The lowest BCUT2D eigenvalue weighted by Crippen LogP contribution is -2.53. The van der Waals surface area contributed by atoms with Gasteiger partial charge in [-0.3, -0.25) is 9.89 Å². The van der Waals surface area contributed by atoms with Crippen molar-refractivity contribution in [3.05, 3.63) is 35.9 Å². The molecular weight excluding hydrogens is 346 g/mol. The van der Waals surface area contributed by atoms with E-state index in [9.17, 15) is 0 Å². The summed E-state index contributed by atoms with van der Waals surface area (Å²) in [5.41, 5.74) is 1.45. The van der Waals surface area contributed by atoms with Gasteiger partial charge in [-0.25, -0.2) is 0 Å². The Bertz CT molecular complexity index is 594. The highest BCUT2D eigenvalue weighted by Gasteiger charge is 2.26. The van der Waals surface area contributed by atoms with Crippen molar-refractivity contribution in [3.63, 3.8) is 0 Å². The van der Waals surface area contributed by atoms with E-state index in [0.717, 1.165) is 57.6 Å². The first kappa shape index (κ1) is 21.1. The van der Waals surface area contributed by atoms with Gasteiger partial charge < -0.3 is 15.1 Å². The molecule has 5 nitrogen and oxygen atoms in total. The molecular formula is C23H39N5. The van der Waals surface area contributed by atoms with Crippen molar-refractivity contribution in [2.45, 2.75) is 39.7 Å². The van der Waals surface area contributed by atoms with Crippen molar-refractivity contribution < 1.29 is 0 Å². The van der Waals surface area contributed by atoms with Crippen LogP contribution in [0.25, 0.3) is 0 Å². The molecule has 2 heterocycles. The van der Waals surface area contributed by atoms with Crippen LogP contribution >= 0.6 is 0 Å². The molecule has 5 heteroatoms. The van der Waals surface area contributed by atoms with Crippen LogP contribution in [-0.4, -0.2) is 79.6 Å². The largest absolute Gasteiger partial charge is 0.357 e. The molecule has 2 fully saturated rings. The predicted molar refractivity (Wildman–Crippen MR) is 119 cm³/mol. The first-order chi connectivity index (χ1) is 13.7. The van der Waals surface area contributed by atoms with Crippen LogP contribution in [0.1, 0.15) is 45.2 Å². The molecule has 0 aliphatic carbocycles. The lowest BCUT2D eigenvalue weighted by Gasteiger charge is -2.40. The molecule has 2 saturated heterocycles. The second kappa shape index (κ2) is 10.8. The van der Waals surface area contributed by atoms with Crippen molar-refractivity contribution in [2.75, 3.05) is 58.9 Å². The Hall–Kier alpha value is -1.59. The maximum absolute atomic E-state index is 5.02. The van der Waals surface area contributed by atoms with Gasteiger partial charge in [-0.2, -0.15) is 0 Å². The monoisotopic (exact) mass is 385 g/mol. The summed E-state index contributed by atoms with van der Waals surface area (Å²) in [6, 6.07) is 11.5. The third-order valence-corrected chi connectivity index (χ3v) is 6.28. The Morgan fingerprint density at radius 3 is 2.43 bits per heavy atom. The van der Waals surface area contributed by atoms with E-state index in [2.05, 4.69) is 71.1 Å². The molecule has 1 aromatic rings. The van der Waals surface area contributed by atoms with Gasteiger partial charge in [-0.15, -0.1) is 0 Å². The number of nitrogens with zero attached hydrogens (tertiary/aromatic N) is 4. The molecule has 0 aromatic heterocycles. The summed E-state index contributed by atoms with van der Waals surface area (Å²) in [6.07, 6.45) is 2.45. The number of nitrogens with one attached hydrogen (secondary N) is 1. The van der Waals surface area contributed by atoms with Crippen molar-refractivity contribution in [2.24, 2.45) is 10.9 Å². The van der Waals surface area contributed by atoms with Gasteiger partial charge in [0.05, 0.1) is 0 Å². The quantitative estimate of drug-likeness (QED) is 0.578. The van der Waals surface area contributed by atoms with Gasteiger partial charge in [0, 0.05) is 51.9 Å². The molecule has 2 aliphatic rings. The van der Waals surface area contributed by atoms with Crippen LogP contribution in [0.15, 0.2) is 35.3 Å². The zero-order valence-electron chi connectivity index (χ0n) is 18.1. The number of piperazine rings is 1. The molecule has 3 rings (SSSR count). The van der Waals surface area contributed by atoms with Crippen molar-refractivity contribution >= 4 is 5.96 Å². The molecule has 0 saturated carbocycles. The molecule has 1 N–H and O–H groups in total. The minimum atomic E-state index is 0.529. The minimum Gasteiger partial charge on any atom is -0.357 e. The predicted octanol–water partition coefficient (Wildman–Crippen LogP) is 3.06. The van der Waals surface area contributed by atoms with Crippen LogP contribution in [0.5, 0.6) is 0 Å². The molecule has 2 unspecified atom stereocenters. The molecule has 0 spiro atoms. The maximum Gasteiger partial charge on any atom is 0.194 e. The van der Waals surface area contributed by atoms with Crippen LogP contribution in [-0.2, 0) is 0 Å². The average molecular weight is 386 g/mol. The number of benzene rings is 1. The van der Waals surface area contributed by atoms with Crippen molar-refractivity contribution in [3.8, 4) is 0 Å². The van der Waals surface area contributed by atoms with E-state index in [1.807, 2.05) is 0 Å². The number of aliphatic imine (C=N–C) groups is 1. The van der Waals surface area contributed by atoms with E-state index >= 15 is 0 Å². The highest BCUT2D eigenvalue weighted by molar-refractivity contribution is 5.80. The van der Waals surface area contributed by atoms with Crippen LogP contribution in [0.3, 0.4) is 0 Å². The van der Waals surface area contributed by atoms with Gasteiger partial charge in [0.2, 0.25) is 0 Å². The molecule has 0 bridgehead atoms.